The van der Waals surface area contributed by atoms with Gasteiger partial charge in [0.05, 0.1) is 27.3 Å². The molecule has 2 aromatic carbocycles. The first kappa shape index (κ1) is 25.3. The lowest BCUT2D eigenvalue weighted by Crippen LogP contribution is -2.17. The smallest absolute Gasteiger partial charge is 0.322 e. The summed E-state index contributed by atoms with van der Waals surface area (Å²) in [7, 11) is -4.20. The van der Waals surface area contributed by atoms with Crippen molar-refractivity contribution in [2.24, 2.45) is 0 Å². The van der Waals surface area contributed by atoms with Gasteiger partial charge in [-0.3, -0.25) is 4.79 Å². The topological polar surface area (TPSA) is 68.2 Å². The summed E-state index contributed by atoms with van der Waals surface area (Å²) in [6.45, 7) is 2.89. The summed E-state index contributed by atoms with van der Waals surface area (Å²) in [6.07, 6.45) is -9.03. The molecule has 0 aliphatic rings. The quantitative estimate of drug-likeness (QED) is 0.458. The van der Waals surface area contributed by atoms with Gasteiger partial charge in [0, 0.05) is 23.3 Å². The molecule has 1 N–H and O–H groups in total. The molecule has 0 unspecified atom stereocenters. The van der Waals surface area contributed by atoms with Crippen LogP contribution in [0.4, 0.5) is 32.0 Å². The van der Waals surface area contributed by atoms with E-state index in [1.54, 1.807) is 0 Å². The summed E-state index contributed by atoms with van der Waals surface area (Å²) in [4.78, 5) is 11.9. The zero-order valence-electron chi connectivity index (χ0n) is 18.0. The third kappa shape index (κ3) is 4.96. The highest BCUT2D eigenvalue weighted by atomic mass is 32.2. The lowest BCUT2D eigenvalue weighted by molar-refractivity contribution is -0.140. The highest BCUT2D eigenvalue weighted by molar-refractivity contribution is 7.90. The number of carbonyl (C=O) groups is 1. The molecule has 0 saturated heterocycles. The van der Waals surface area contributed by atoms with Crippen LogP contribution in [0.25, 0.3) is 5.69 Å². The molecule has 1 amide bonds. The molecule has 0 saturated carbocycles. The number of carbonyl (C=O) groups excluding carboxylic acids is 1. The Morgan fingerprint density at radius 1 is 0.882 bits per heavy atom. The number of nitrogens with zero attached hydrogens (tertiary/aromatic N) is 1. The normalized spacial score (nSPS) is 12.6. The lowest BCUT2D eigenvalue weighted by Gasteiger charge is -2.17. The average molecular weight is 504 g/mol. The Morgan fingerprint density at radius 3 is 2.03 bits per heavy atom. The van der Waals surface area contributed by atoms with E-state index >= 15 is 0 Å². The Balaban J connectivity index is 2.03. The molecule has 1 heterocycles. The van der Waals surface area contributed by atoms with Crippen LogP contribution in [0.2, 0.25) is 0 Å². The minimum Gasteiger partial charge on any atom is -0.322 e. The first-order valence-corrected chi connectivity index (χ1v) is 11.5. The van der Waals surface area contributed by atoms with Crippen molar-refractivity contribution in [2.45, 2.75) is 31.1 Å². The molecule has 0 aliphatic carbocycles. The summed E-state index contributed by atoms with van der Waals surface area (Å²) < 4.78 is 105. The Labute approximate surface area is 190 Å². The van der Waals surface area contributed by atoms with Crippen molar-refractivity contribution in [3.05, 3.63) is 76.6 Å². The zero-order valence-corrected chi connectivity index (χ0v) is 18.8. The molecule has 0 spiro atoms. The van der Waals surface area contributed by atoms with Crippen LogP contribution in [0.5, 0.6) is 0 Å². The zero-order chi connectivity index (χ0) is 25.6. The molecule has 0 radical (unpaired) electrons. The number of sulfone groups is 1. The molecule has 34 heavy (non-hydrogen) atoms. The minimum absolute atomic E-state index is 0.0600. The predicted molar refractivity (Wildman–Crippen MR) is 113 cm³/mol. The van der Waals surface area contributed by atoms with Crippen LogP contribution in [0.3, 0.4) is 0 Å². The monoisotopic (exact) mass is 504 g/mol. The predicted octanol–water partition coefficient (Wildman–Crippen LogP) is 5.79. The van der Waals surface area contributed by atoms with Crippen LogP contribution >= 0.6 is 0 Å². The molecule has 0 atom stereocenters. The fourth-order valence-corrected chi connectivity index (χ4v) is 4.51. The number of anilines is 1. The number of nitrogens with one attached hydrogen (secondary N) is 1. The Hall–Kier alpha value is -3.28. The van der Waals surface area contributed by atoms with Crippen molar-refractivity contribution in [1.29, 1.82) is 0 Å². The molecule has 0 bridgehead atoms. The highest BCUT2D eigenvalue weighted by Crippen LogP contribution is 2.37. The van der Waals surface area contributed by atoms with Gasteiger partial charge in [-0.2, -0.15) is 26.3 Å². The molecule has 3 aromatic rings. The summed E-state index contributed by atoms with van der Waals surface area (Å²) in [5.74, 6) is -0.871. The first-order valence-electron chi connectivity index (χ1n) is 9.60. The molecule has 5 nitrogen and oxygen atoms in total. The van der Waals surface area contributed by atoms with Crippen LogP contribution in [-0.2, 0) is 22.2 Å². The fraction of sp³-hybridized carbons (Fsp3) is 0.227. The van der Waals surface area contributed by atoms with Gasteiger partial charge in [0.1, 0.15) is 0 Å². The number of alkyl halides is 6. The molecule has 182 valence electrons. The third-order valence-corrected chi connectivity index (χ3v) is 6.22. The number of para-hydroxylation sites is 1. The van der Waals surface area contributed by atoms with E-state index in [4.69, 9.17) is 0 Å². The molecule has 3 rings (SSSR count). The largest absolute Gasteiger partial charge is 0.418 e. The van der Waals surface area contributed by atoms with E-state index < -0.39 is 44.1 Å². The van der Waals surface area contributed by atoms with Crippen molar-refractivity contribution in [3.63, 3.8) is 0 Å². The number of aryl methyl sites for hydroxylation is 1. The highest BCUT2D eigenvalue weighted by Gasteiger charge is 2.37. The van der Waals surface area contributed by atoms with Gasteiger partial charge in [-0.05, 0) is 50.2 Å². The molecule has 12 heteroatoms. The fourth-order valence-electron chi connectivity index (χ4n) is 3.62. The average Bonchev–Trinajstić information content (AvgIpc) is 3.00. The van der Waals surface area contributed by atoms with E-state index in [1.165, 1.54) is 42.7 Å². The van der Waals surface area contributed by atoms with Gasteiger partial charge in [-0.25, -0.2) is 8.42 Å². The van der Waals surface area contributed by atoms with E-state index in [0.29, 0.717) is 18.0 Å². The molecule has 0 fully saturated rings. The number of rotatable bonds is 4. The van der Waals surface area contributed by atoms with Gasteiger partial charge in [-0.15, -0.1) is 0 Å². The Bertz CT molecular complexity index is 1370. The van der Waals surface area contributed by atoms with Crippen molar-refractivity contribution in [1.82, 2.24) is 4.57 Å². The second-order valence-electron chi connectivity index (χ2n) is 7.57. The van der Waals surface area contributed by atoms with Crippen LogP contribution in [0, 0.1) is 13.8 Å². The van der Waals surface area contributed by atoms with Crippen molar-refractivity contribution in [2.75, 3.05) is 11.6 Å². The number of hydrogen-bond acceptors (Lipinski definition) is 3. The number of hydrogen-bond donors (Lipinski definition) is 1. The van der Waals surface area contributed by atoms with E-state index in [1.807, 2.05) is 0 Å². The van der Waals surface area contributed by atoms with Crippen molar-refractivity contribution in [3.8, 4) is 5.69 Å². The minimum atomic E-state index is -5.00. The Kier molecular flexibility index (Phi) is 6.33. The maximum absolute atomic E-state index is 13.5. The molecular weight excluding hydrogens is 486 g/mol. The second-order valence-corrected chi connectivity index (χ2v) is 9.55. The summed E-state index contributed by atoms with van der Waals surface area (Å²) in [5.41, 5.74) is -2.54. The molecule has 0 aliphatic heterocycles. The van der Waals surface area contributed by atoms with Crippen molar-refractivity contribution >= 4 is 21.4 Å². The Morgan fingerprint density at radius 2 is 1.47 bits per heavy atom. The van der Waals surface area contributed by atoms with Crippen LogP contribution in [-0.4, -0.2) is 25.1 Å². The van der Waals surface area contributed by atoms with E-state index in [2.05, 4.69) is 5.32 Å². The van der Waals surface area contributed by atoms with Crippen LogP contribution in [0.15, 0.2) is 53.4 Å². The molecule has 1 aromatic heterocycles. The first-order chi connectivity index (χ1) is 15.5. The van der Waals surface area contributed by atoms with Crippen molar-refractivity contribution < 1.29 is 39.6 Å². The van der Waals surface area contributed by atoms with Gasteiger partial charge in [0.15, 0.2) is 9.84 Å². The van der Waals surface area contributed by atoms with Gasteiger partial charge in [0.25, 0.3) is 5.91 Å². The van der Waals surface area contributed by atoms with E-state index in [-0.39, 0.29) is 22.6 Å². The van der Waals surface area contributed by atoms with E-state index in [9.17, 15) is 39.6 Å². The third-order valence-electron chi connectivity index (χ3n) is 5.07. The maximum atomic E-state index is 13.5. The van der Waals surface area contributed by atoms with Gasteiger partial charge < -0.3 is 9.88 Å². The second kappa shape index (κ2) is 8.49. The van der Waals surface area contributed by atoms with Gasteiger partial charge >= 0.3 is 12.4 Å². The SMILES string of the molecule is Cc1cc(C(=O)Nc2ccc(S(C)(=O)=O)c(C(F)(F)F)c2)c(C)n1-c1ccccc1C(F)(F)F. The number of halogens is 6. The van der Waals surface area contributed by atoms with Gasteiger partial charge in [-0.1, -0.05) is 12.1 Å². The molecular formula is C22H18F6N2O3S. The summed E-state index contributed by atoms with van der Waals surface area (Å²) >= 11 is 0. The standard InChI is InChI=1S/C22H18F6N2O3S/c1-12-10-15(13(2)30(12)18-7-5-4-6-16(18)21(23,24)25)20(31)29-14-8-9-19(34(3,32)33)17(11-14)22(26,27)28/h4-11H,1-3H3,(H,29,31). The number of benzene rings is 2. The maximum Gasteiger partial charge on any atom is 0.418 e. The summed E-state index contributed by atoms with van der Waals surface area (Å²) in [6, 6.07) is 8.32. The van der Waals surface area contributed by atoms with Crippen LogP contribution < -0.4 is 5.32 Å². The summed E-state index contributed by atoms with van der Waals surface area (Å²) in [5, 5.41) is 2.26. The van der Waals surface area contributed by atoms with E-state index in [0.717, 1.165) is 18.2 Å². The number of amides is 1. The van der Waals surface area contributed by atoms with Crippen LogP contribution in [0.1, 0.15) is 32.9 Å². The van der Waals surface area contributed by atoms with Gasteiger partial charge in [0.2, 0.25) is 0 Å². The lowest BCUT2D eigenvalue weighted by atomic mass is 10.1. The number of aromatic nitrogens is 1.